The number of nitrogens with one attached hydrogen (secondary N) is 1. The molecule has 1 amide bonds. The first kappa shape index (κ1) is 34.8. The number of rotatable bonds is 11. The summed E-state index contributed by atoms with van der Waals surface area (Å²) in [4.78, 5) is 40.3. The maximum absolute atomic E-state index is 13.9. The molecule has 0 aromatic heterocycles. The van der Waals surface area contributed by atoms with E-state index < -0.39 is 70.1 Å². The summed E-state index contributed by atoms with van der Waals surface area (Å²) in [5, 5.41) is 40.7. The summed E-state index contributed by atoms with van der Waals surface area (Å²) in [7, 11) is 6.12. The quantitative estimate of drug-likeness (QED) is 0.247. The Labute approximate surface area is 286 Å². The van der Waals surface area contributed by atoms with Crippen LogP contribution in [0.1, 0.15) is 55.8 Å². The van der Waals surface area contributed by atoms with Gasteiger partial charge in [0.25, 0.3) is 0 Å². The number of piperidine rings is 1. The minimum absolute atomic E-state index is 0.0148. The van der Waals surface area contributed by atoms with Crippen molar-refractivity contribution in [1.82, 2.24) is 4.90 Å². The third kappa shape index (κ3) is 4.45. The number of aliphatic hydroxyl groups excluding tert-OH is 1. The fourth-order valence-corrected chi connectivity index (χ4v) is 12.3. The first-order chi connectivity index (χ1) is 23.4. The topological polar surface area (TPSA) is 173 Å². The molecular formula is C36H50N2O11. The summed E-state index contributed by atoms with van der Waals surface area (Å²) in [5.74, 6) is -2.93. The van der Waals surface area contributed by atoms with E-state index in [1.807, 2.05) is 6.92 Å². The van der Waals surface area contributed by atoms with Crippen LogP contribution in [0, 0.1) is 34.5 Å². The van der Waals surface area contributed by atoms with Gasteiger partial charge in [-0.3, -0.25) is 14.5 Å². The second-order valence-electron chi connectivity index (χ2n) is 15.2. The maximum Gasteiger partial charge on any atom is 0.340 e. The summed E-state index contributed by atoms with van der Waals surface area (Å²) in [6, 6.07) is 6.05. The molecule has 1 aromatic rings. The molecular weight excluding hydrogens is 636 g/mol. The lowest BCUT2D eigenvalue weighted by Crippen LogP contribution is -2.82. The molecule has 0 unspecified atom stereocenters. The number of carbonyl (C=O) groups excluding carboxylic acids is 3. The third-order valence-corrected chi connectivity index (χ3v) is 13.8. The van der Waals surface area contributed by atoms with Crippen molar-refractivity contribution < 1.29 is 53.4 Å². The Bertz CT molecular complexity index is 1490. The minimum atomic E-state index is -1.77. The van der Waals surface area contributed by atoms with Crippen LogP contribution in [0.25, 0.3) is 0 Å². The van der Waals surface area contributed by atoms with Crippen LogP contribution in [0.4, 0.5) is 5.69 Å². The molecule has 1 saturated heterocycles. The Hall–Kier alpha value is -2.65. The van der Waals surface area contributed by atoms with Gasteiger partial charge in [0.15, 0.2) is 0 Å². The molecule has 1 spiro atoms. The number of amides is 1. The van der Waals surface area contributed by atoms with Crippen molar-refractivity contribution in [2.75, 3.05) is 53.5 Å². The summed E-state index contributed by atoms with van der Waals surface area (Å²) in [6.45, 7) is 3.12. The van der Waals surface area contributed by atoms with Crippen LogP contribution < -0.4 is 5.32 Å². The zero-order valence-electron chi connectivity index (χ0n) is 28.9. The molecule has 49 heavy (non-hydrogen) atoms. The fraction of sp³-hybridized carbons (Fsp3) is 0.750. The number of ether oxygens (including phenoxy) is 5. The molecule has 13 heteroatoms. The molecule has 4 N–H and O–H groups in total. The van der Waals surface area contributed by atoms with E-state index in [4.69, 9.17) is 18.9 Å². The normalized spacial score (nSPS) is 44.4. The van der Waals surface area contributed by atoms with Gasteiger partial charge in [-0.05, 0) is 43.9 Å². The Morgan fingerprint density at radius 1 is 1.04 bits per heavy atom. The molecule has 0 radical (unpaired) electrons. The molecule has 6 fully saturated rings. The minimum Gasteiger partial charge on any atom is -0.469 e. The number of aliphatic hydroxyl groups is 3. The van der Waals surface area contributed by atoms with E-state index in [0.29, 0.717) is 32.4 Å². The van der Waals surface area contributed by atoms with Gasteiger partial charge in [-0.25, -0.2) is 4.79 Å². The van der Waals surface area contributed by atoms with Gasteiger partial charge in [-0.15, -0.1) is 0 Å². The van der Waals surface area contributed by atoms with E-state index in [1.54, 1.807) is 45.6 Å². The lowest BCUT2D eigenvalue weighted by atomic mass is 9.42. The van der Waals surface area contributed by atoms with Crippen LogP contribution >= 0.6 is 0 Å². The number of benzene rings is 1. The van der Waals surface area contributed by atoms with Gasteiger partial charge in [-0.2, -0.15) is 0 Å². The van der Waals surface area contributed by atoms with Crippen molar-refractivity contribution in [2.45, 2.75) is 87.1 Å². The summed E-state index contributed by atoms with van der Waals surface area (Å²) in [6.07, 6.45) is -0.560. The summed E-state index contributed by atoms with van der Waals surface area (Å²) < 4.78 is 29.4. The van der Waals surface area contributed by atoms with E-state index in [2.05, 4.69) is 15.0 Å². The Balaban J connectivity index is 1.26. The lowest BCUT2D eigenvalue weighted by molar-refractivity contribution is -0.318. The predicted octanol–water partition coefficient (Wildman–Crippen LogP) is 1.37. The first-order valence-corrected chi connectivity index (χ1v) is 17.5. The SMILES string of the molecule is CCN1C[C@]2(COC(=O)c3ccccc3NC(=O)CCC(=O)OC)CC[C@H](OC)[C@@]34[C@@H]5C[C@H]6[C@H](O)[C@@H]5[C@](O)(C[C@@H]6OC)[C@](O)([C@@H](OC)[C@H]23)[C@@H]14. The molecule has 5 saturated carbocycles. The maximum atomic E-state index is 13.9. The summed E-state index contributed by atoms with van der Waals surface area (Å²) in [5.41, 5.74) is -4.42. The average molecular weight is 687 g/mol. The average Bonchev–Trinajstić information content (AvgIpc) is 3.47. The molecule has 1 aliphatic heterocycles. The van der Waals surface area contributed by atoms with Crippen molar-refractivity contribution >= 4 is 23.5 Å². The number of fused-ring (bicyclic) bond motifs is 2. The number of carbonyl (C=O) groups is 3. The molecule has 13 nitrogen and oxygen atoms in total. The summed E-state index contributed by atoms with van der Waals surface area (Å²) >= 11 is 0. The lowest BCUT2D eigenvalue weighted by Gasteiger charge is -2.70. The van der Waals surface area contributed by atoms with Crippen molar-refractivity contribution in [3.8, 4) is 0 Å². The number of esters is 2. The van der Waals surface area contributed by atoms with Crippen LogP contribution in [-0.4, -0.2) is 128 Å². The molecule has 1 aromatic carbocycles. The highest BCUT2D eigenvalue weighted by atomic mass is 16.5. The van der Waals surface area contributed by atoms with Gasteiger partial charge in [0.1, 0.15) is 11.2 Å². The monoisotopic (exact) mass is 686 g/mol. The van der Waals surface area contributed by atoms with Gasteiger partial charge < -0.3 is 44.3 Å². The Morgan fingerprint density at radius 2 is 1.80 bits per heavy atom. The van der Waals surface area contributed by atoms with Gasteiger partial charge in [0.05, 0.1) is 61.8 Å². The van der Waals surface area contributed by atoms with E-state index in [-0.39, 0.29) is 61.0 Å². The molecule has 1 heterocycles. The molecule has 5 aliphatic carbocycles. The van der Waals surface area contributed by atoms with Crippen LogP contribution in [0.5, 0.6) is 0 Å². The largest absolute Gasteiger partial charge is 0.469 e. The zero-order valence-corrected chi connectivity index (χ0v) is 28.9. The number of nitrogens with zero attached hydrogens (tertiary/aromatic N) is 1. The van der Waals surface area contributed by atoms with Crippen molar-refractivity contribution in [1.29, 1.82) is 0 Å². The van der Waals surface area contributed by atoms with Crippen LogP contribution in [-0.2, 0) is 33.3 Å². The highest BCUT2D eigenvalue weighted by molar-refractivity contribution is 6.01. The first-order valence-electron chi connectivity index (χ1n) is 17.5. The van der Waals surface area contributed by atoms with Crippen LogP contribution in [0.15, 0.2) is 24.3 Å². The number of para-hydroxylation sites is 1. The Morgan fingerprint density at radius 3 is 2.47 bits per heavy atom. The number of hydrogen-bond donors (Lipinski definition) is 4. The van der Waals surface area contributed by atoms with Crippen molar-refractivity contribution in [3.05, 3.63) is 29.8 Å². The predicted molar refractivity (Wildman–Crippen MR) is 173 cm³/mol. The highest BCUT2D eigenvalue weighted by Crippen LogP contribution is 2.80. The molecule has 6 aliphatic rings. The standard InChI is InChI=1S/C36H50N2O11/c1-6-38-17-33(18-49-31(42)19-9-7-8-10-22(19)37-25(39)11-12-26(40)47-4)14-13-24(46-3)35-21-15-20-23(45-2)16-34(43,27(21)28(20)41)36(44,32(35)38)30(48-5)29(33)35/h7-10,20-21,23-24,27-30,32,41,43-44H,6,11-18H2,1-5H3,(H,37,39)/t20-,21-,23+,24+,27-,28+,29-,30+,32+,33+,34-,35+,36+/m1/s1. The number of methoxy groups -OCH3 is 4. The number of hydrogen-bond acceptors (Lipinski definition) is 12. The van der Waals surface area contributed by atoms with Gasteiger partial charge in [0.2, 0.25) is 5.91 Å². The Kier molecular flexibility index (Phi) is 8.69. The van der Waals surface area contributed by atoms with Crippen LogP contribution in [0.2, 0.25) is 0 Å². The fourth-order valence-electron chi connectivity index (χ4n) is 12.3. The zero-order chi connectivity index (χ0) is 35.1. The number of anilines is 1. The van der Waals surface area contributed by atoms with Gasteiger partial charge in [-0.1, -0.05) is 19.1 Å². The molecule has 7 bridgehead atoms. The smallest absolute Gasteiger partial charge is 0.340 e. The van der Waals surface area contributed by atoms with E-state index >= 15 is 0 Å². The third-order valence-electron chi connectivity index (χ3n) is 13.8. The van der Waals surface area contributed by atoms with Crippen molar-refractivity contribution in [2.24, 2.45) is 34.5 Å². The van der Waals surface area contributed by atoms with E-state index in [1.165, 1.54) is 7.11 Å². The number of likely N-dealkylation sites (N-methyl/N-ethyl adjacent to an activating group) is 1. The number of likely N-dealkylation sites (tertiary alicyclic amines) is 1. The second-order valence-corrected chi connectivity index (χ2v) is 15.2. The molecule has 270 valence electrons. The van der Waals surface area contributed by atoms with Crippen molar-refractivity contribution in [3.63, 3.8) is 0 Å². The second kappa shape index (κ2) is 12.2. The molecule has 13 atom stereocenters. The molecule has 7 rings (SSSR count). The van der Waals surface area contributed by atoms with Gasteiger partial charge >= 0.3 is 11.9 Å². The van der Waals surface area contributed by atoms with E-state index in [9.17, 15) is 29.7 Å². The van der Waals surface area contributed by atoms with E-state index in [0.717, 1.165) is 0 Å². The van der Waals surface area contributed by atoms with Crippen LogP contribution in [0.3, 0.4) is 0 Å². The van der Waals surface area contributed by atoms with Gasteiger partial charge in [0, 0.05) is 69.3 Å². The highest BCUT2D eigenvalue weighted by Gasteiger charge is 2.91.